The first-order chi connectivity index (χ1) is 6.97. The van der Waals surface area contributed by atoms with Crippen molar-refractivity contribution in [2.45, 2.75) is 59.8 Å². The van der Waals surface area contributed by atoms with Crippen LogP contribution in [0.1, 0.15) is 68.2 Å². The quantitative estimate of drug-likeness (QED) is 0.654. The molecule has 0 heteroatoms. The van der Waals surface area contributed by atoms with Gasteiger partial charge >= 0.3 is 0 Å². The lowest BCUT2D eigenvalue weighted by Crippen LogP contribution is -2.00. The van der Waals surface area contributed by atoms with Gasteiger partial charge in [-0.1, -0.05) is 39.8 Å². The van der Waals surface area contributed by atoms with Gasteiger partial charge in [0.15, 0.2) is 0 Å². The molecule has 0 aliphatic carbocycles. The molecule has 15 heavy (non-hydrogen) atoms. The Labute approximate surface area is 94.7 Å². The van der Waals surface area contributed by atoms with E-state index in [0.717, 1.165) is 0 Å². The van der Waals surface area contributed by atoms with E-state index < -0.39 is 0 Å². The third-order valence-electron chi connectivity index (χ3n) is 3.53. The van der Waals surface area contributed by atoms with Crippen LogP contribution in [0.25, 0.3) is 0 Å². The predicted molar refractivity (Wildman–Crippen MR) is 68.7 cm³/mol. The van der Waals surface area contributed by atoms with E-state index in [9.17, 15) is 0 Å². The van der Waals surface area contributed by atoms with Gasteiger partial charge in [0.05, 0.1) is 0 Å². The van der Waals surface area contributed by atoms with Crippen molar-refractivity contribution in [2.75, 3.05) is 0 Å². The normalized spacial score (nSPS) is 13.3. The van der Waals surface area contributed by atoms with Gasteiger partial charge < -0.3 is 0 Å². The molecule has 0 radical (unpaired) electrons. The Kier molecular flexibility index (Phi) is 3.96. The maximum Gasteiger partial charge on any atom is -0.0193 e. The van der Waals surface area contributed by atoms with Gasteiger partial charge in [0.2, 0.25) is 0 Å². The molecule has 0 spiro atoms. The molecule has 1 aromatic carbocycles. The molecule has 0 aliphatic heterocycles. The first-order valence-corrected chi connectivity index (χ1v) is 6.08. The van der Waals surface area contributed by atoms with Crippen molar-refractivity contribution in [2.24, 2.45) is 0 Å². The van der Waals surface area contributed by atoms with Crippen LogP contribution in [0.4, 0.5) is 0 Å². The molecule has 0 nitrogen and oxygen atoms in total. The van der Waals surface area contributed by atoms with Gasteiger partial charge in [-0.05, 0) is 54.4 Å². The minimum absolute atomic E-state index is 0.632. The maximum atomic E-state index is 2.40. The summed E-state index contributed by atoms with van der Waals surface area (Å²) in [7, 11) is 0. The highest BCUT2D eigenvalue weighted by molar-refractivity contribution is 5.40. The summed E-state index contributed by atoms with van der Waals surface area (Å²) < 4.78 is 0. The second-order valence-corrected chi connectivity index (χ2v) is 5.02. The average molecular weight is 204 g/mol. The van der Waals surface area contributed by atoms with Gasteiger partial charge in [-0.15, -0.1) is 0 Å². The summed E-state index contributed by atoms with van der Waals surface area (Å²) in [6.45, 7) is 13.6. The smallest absolute Gasteiger partial charge is 0.0193 e. The molecule has 0 aromatic heterocycles. The number of hydrogen-bond donors (Lipinski definition) is 0. The minimum atomic E-state index is 0.632. The van der Waals surface area contributed by atoms with Crippen LogP contribution in [0.3, 0.4) is 0 Å². The van der Waals surface area contributed by atoms with E-state index in [1.54, 1.807) is 0 Å². The van der Waals surface area contributed by atoms with Crippen LogP contribution in [0, 0.1) is 13.8 Å². The first kappa shape index (κ1) is 12.3. The lowest BCUT2D eigenvalue weighted by atomic mass is 9.88. The van der Waals surface area contributed by atoms with Crippen molar-refractivity contribution in [1.82, 2.24) is 0 Å². The largest absolute Gasteiger partial charge is 0.0648 e. The Morgan fingerprint density at radius 1 is 1.07 bits per heavy atom. The topological polar surface area (TPSA) is 0 Å². The molecule has 0 bridgehead atoms. The zero-order valence-electron chi connectivity index (χ0n) is 11.0. The van der Waals surface area contributed by atoms with Crippen molar-refractivity contribution in [3.63, 3.8) is 0 Å². The second kappa shape index (κ2) is 4.83. The van der Waals surface area contributed by atoms with Gasteiger partial charge in [-0.25, -0.2) is 0 Å². The maximum absolute atomic E-state index is 2.40. The van der Waals surface area contributed by atoms with Gasteiger partial charge in [0.1, 0.15) is 0 Å². The summed E-state index contributed by atoms with van der Waals surface area (Å²) >= 11 is 0. The first-order valence-electron chi connectivity index (χ1n) is 6.08. The zero-order chi connectivity index (χ0) is 11.6. The molecule has 1 atom stereocenters. The Balaban J connectivity index is 3.23. The van der Waals surface area contributed by atoms with Crippen LogP contribution in [-0.2, 0) is 0 Å². The molecule has 84 valence electrons. The van der Waals surface area contributed by atoms with Gasteiger partial charge in [0, 0.05) is 0 Å². The standard InChI is InChI=1S/C15H24/c1-7-11(4)14-8-12(5)13(6)15(9-14)10(2)3/h8-11H,7H2,1-6H3. The molecule has 0 aliphatic rings. The summed E-state index contributed by atoms with van der Waals surface area (Å²) in [5, 5.41) is 0. The Bertz CT molecular complexity index is 334. The number of hydrogen-bond acceptors (Lipinski definition) is 0. The van der Waals surface area contributed by atoms with Crippen LogP contribution < -0.4 is 0 Å². The van der Waals surface area contributed by atoms with E-state index in [1.807, 2.05) is 0 Å². The molecule has 0 N–H and O–H groups in total. The molecular formula is C15H24. The van der Waals surface area contributed by atoms with E-state index in [0.29, 0.717) is 11.8 Å². The predicted octanol–water partition coefficient (Wildman–Crippen LogP) is 4.94. The molecule has 0 saturated carbocycles. The summed E-state index contributed by atoms with van der Waals surface area (Å²) in [5.74, 6) is 1.31. The third-order valence-corrected chi connectivity index (χ3v) is 3.53. The number of aryl methyl sites for hydroxylation is 1. The zero-order valence-corrected chi connectivity index (χ0v) is 11.0. The molecular weight excluding hydrogens is 180 g/mol. The molecule has 1 unspecified atom stereocenters. The minimum Gasteiger partial charge on any atom is -0.0648 e. The number of rotatable bonds is 3. The molecule has 0 saturated heterocycles. The van der Waals surface area contributed by atoms with Crippen LogP contribution in [0.2, 0.25) is 0 Å². The summed E-state index contributed by atoms with van der Waals surface area (Å²) in [6, 6.07) is 4.76. The van der Waals surface area contributed by atoms with Crippen LogP contribution >= 0.6 is 0 Å². The fourth-order valence-corrected chi connectivity index (χ4v) is 2.04. The van der Waals surface area contributed by atoms with Crippen molar-refractivity contribution >= 4 is 0 Å². The molecule has 1 rings (SSSR count). The lowest BCUT2D eigenvalue weighted by molar-refractivity contribution is 0.727. The van der Waals surface area contributed by atoms with E-state index in [1.165, 1.54) is 28.7 Å². The highest BCUT2D eigenvalue weighted by Gasteiger charge is 2.10. The van der Waals surface area contributed by atoms with Gasteiger partial charge in [-0.3, -0.25) is 0 Å². The van der Waals surface area contributed by atoms with Crippen molar-refractivity contribution < 1.29 is 0 Å². The Morgan fingerprint density at radius 2 is 1.67 bits per heavy atom. The Morgan fingerprint density at radius 3 is 2.13 bits per heavy atom. The van der Waals surface area contributed by atoms with Crippen molar-refractivity contribution in [3.05, 3.63) is 34.4 Å². The van der Waals surface area contributed by atoms with Crippen molar-refractivity contribution in [1.29, 1.82) is 0 Å². The van der Waals surface area contributed by atoms with Crippen LogP contribution in [-0.4, -0.2) is 0 Å². The average Bonchev–Trinajstić information content (AvgIpc) is 2.20. The van der Waals surface area contributed by atoms with E-state index in [-0.39, 0.29) is 0 Å². The summed E-state index contributed by atoms with van der Waals surface area (Å²) in [5.41, 5.74) is 5.93. The third kappa shape index (κ3) is 2.62. The molecule has 0 fully saturated rings. The number of benzene rings is 1. The summed E-state index contributed by atoms with van der Waals surface area (Å²) in [4.78, 5) is 0. The Hall–Kier alpha value is -0.780. The monoisotopic (exact) mass is 204 g/mol. The van der Waals surface area contributed by atoms with Gasteiger partial charge in [-0.2, -0.15) is 0 Å². The van der Waals surface area contributed by atoms with E-state index in [2.05, 4.69) is 53.7 Å². The van der Waals surface area contributed by atoms with E-state index >= 15 is 0 Å². The molecule has 1 aromatic rings. The van der Waals surface area contributed by atoms with Crippen molar-refractivity contribution in [3.8, 4) is 0 Å². The lowest BCUT2D eigenvalue weighted by Gasteiger charge is -2.18. The fraction of sp³-hybridized carbons (Fsp3) is 0.600. The highest BCUT2D eigenvalue weighted by Crippen LogP contribution is 2.28. The van der Waals surface area contributed by atoms with Crippen LogP contribution in [0.5, 0.6) is 0 Å². The molecule has 0 heterocycles. The SMILES string of the molecule is CCC(C)c1cc(C)c(C)c(C(C)C)c1. The second-order valence-electron chi connectivity index (χ2n) is 5.02. The van der Waals surface area contributed by atoms with Crippen LogP contribution in [0.15, 0.2) is 12.1 Å². The highest BCUT2D eigenvalue weighted by atomic mass is 14.2. The van der Waals surface area contributed by atoms with Gasteiger partial charge in [0.25, 0.3) is 0 Å². The fourth-order valence-electron chi connectivity index (χ4n) is 2.04. The summed E-state index contributed by atoms with van der Waals surface area (Å²) in [6.07, 6.45) is 1.22. The molecule has 0 amide bonds. The van der Waals surface area contributed by atoms with E-state index in [4.69, 9.17) is 0 Å².